The Labute approximate surface area is 89.5 Å². The molecule has 2 aromatic rings. The van der Waals surface area contributed by atoms with Crippen molar-refractivity contribution in [2.24, 2.45) is 11.7 Å². The molecule has 0 unspecified atom stereocenters. The van der Waals surface area contributed by atoms with E-state index in [9.17, 15) is 0 Å². The van der Waals surface area contributed by atoms with Crippen molar-refractivity contribution in [3.05, 3.63) is 36.0 Å². The number of hydrogen-bond donors (Lipinski definition) is 2. The van der Waals surface area contributed by atoms with Gasteiger partial charge in [0, 0.05) is 23.1 Å². The number of H-pyrrole nitrogens is 1. The lowest BCUT2D eigenvalue weighted by Gasteiger charge is -2.09. The Kier molecular flexibility index (Phi) is 2.03. The topological polar surface area (TPSA) is 41.8 Å². The Hall–Kier alpha value is -1.28. The van der Waals surface area contributed by atoms with Crippen LogP contribution in [0.15, 0.2) is 30.5 Å². The molecule has 1 fully saturated rings. The zero-order chi connectivity index (χ0) is 10.3. The second-order valence-corrected chi connectivity index (χ2v) is 4.58. The van der Waals surface area contributed by atoms with Crippen molar-refractivity contribution in [2.75, 3.05) is 0 Å². The van der Waals surface area contributed by atoms with Gasteiger partial charge in [0.1, 0.15) is 0 Å². The monoisotopic (exact) mass is 200 g/mol. The number of hydrogen-bond acceptors (Lipinski definition) is 1. The molecule has 0 bridgehead atoms. The highest BCUT2D eigenvalue weighted by atomic mass is 14.7. The van der Waals surface area contributed by atoms with Crippen molar-refractivity contribution < 1.29 is 0 Å². The molecule has 0 amide bonds. The lowest BCUT2D eigenvalue weighted by molar-refractivity contribution is 0.600. The SMILES string of the molecule is N[C@@H](CC1CC1)c1c[nH]c2ccccc12. The van der Waals surface area contributed by atoms with Crippen molar-refractivity contribution in [3.8, 4) is 0 Å². The first kappa shape index (κ1) is 8.98. The third-order valence-corrected chi connectivity index (χ3v) is 3.30. The van der Waals surface area contributed by atoms with Gasteiger partial charge in [-0.1, -0.05) is 31.0 Å². The maximum Gasteiger partial charge on any atom is 0.0457 e. The minimum atomic E-state index is 0.202. The third kappa shape index (κ3) is 1.65. The van der Waals surface area contributed by atoms with Gasteiger partial charge in [-0.3, -0.25) is 0 Å². The molecule has 2 heteroatoms. The number of aromatic amines is 1. The lowest BCUT2D eigenvalue weighted by atomic mass is 10.0. The van der Waals surface area contributed by atoms with Gasteiger partial charge in [-0.2, -0.15) is 0 Å². The second kappa shape index (κ2) is 3.38. The van der Waals surface area contributed by atoms with Crippen LogP contribution in [0.5, 0.6) is 0 Å². The fourth-order valence-corrected chi connectivity index (χ4v) is 2.24. The number of benzene rings is 1. The number of aromatic nitrogens is 1. The van der Waals surface area contributed by atoms with E-state index in [2.05, 4.69) is 35.4 Å². The van der Waals surface area contributed by atoms with Crippen LogP contribution in [-0.2, 0) is 0 Å². The molecule has 1 saturated carbocycles. The average Bonchev–Trinajstić information content (AvgIpc) is 2.96. The first-order chi connectivity index (χ1) is 7.34. The van der Waals surface area contributed by atoms with E-state index in [1.165, 1.54) is 29.3 Å². The van der Waals surface area contributed by atoms with Gasteiger partial charge in [-0.05, 0) is 24.0 Å². The number of nitrogens with one attached hydrogen (secondary N) is 1. The number of nitrogens with two attached hydrogens (primary N) is 1. The molecule has 0 spiro atoms. The Balaban J connectivity index is 1.95. The minimum Gasteiger partial charge on any atom is -0.361 e. The molecular weight excluding hydrogens is 184 g/mol. The predicted octanol–water partition coefficient (Wildman–Crippen LogP) is 2.97. The summed E-state index contributed by atoms with van der Waals surface area (Å²) in [6.07, 6.45) is 5.95. The standard InChI is InChI=1S/C13H16N2/c14-12(7-9-5-6-9)11-8-15-13-4-2-1-3-10(11)13/h1-4,8-9,12,15H,5-7,14H2/t12-/m0/s1. The van der Waals surface area contributed by atoms with Crippen LogP contribution in [0.1, 0.15) is 30.9 Å². The van der Waals surface area contributed by atoms with Crippen LogP contribution < -0.4 is 5.73 Å². The van der Waals surface area contributed by atoms with Gasteiger partial charge < -0.3 is 10.7 Å². The molecule has 3 N–H and O–H groups in total. The molecule has 0 aliphatic heterocycles. The highest BCUT2D eigenvalue weighted by Crippen LogP contribution is 2.38. The van der Waals surface area contributed by atoms with Crippen LogP contribution >= 0.6 is 0 Å². The summed E-state index contributed by atoms with van der Waals surface area (Å²) in [6, 6.07) is 8.57. The molecule has 3 rings (SSSR count). The molecule has 0 saturated heterocycles. The van der Waals surface area contributed by atoms with Gasteiger partial charge in [0.15, 0.2) is 0 Å². The quantitative estimate of drug-likeness (QED) is 0.785. The number of rotatable bonds is 3. The van der Waals surface area contributed by atoms with Crippen LogP contribution in [0.25, 0.3) is 10.9 Å². The summed E-state index contributed by atoms with van der Waals surface area (Å²) in [5, 5.41) is 1.28. The minimum absolute atomic E-state index is 0.202. The fraction of sp³-hybridized carbons (Fsp3) is 0.385. The van der Waals surface area contributed by atoms with Crippen molar-refractivity contribution in [3.63, 3.8) is 0 Å². The summed E-state index contributed by atoms with van der Waals surface area (Å²) in [5.41, 5.74) is 8.70. The molecule has 2 nitrogen and oxygen atoms in total. The maximum atomic E-state index is 6.23. The Morgan fingerprint density at radius 1 is 1.33 bits per heavy atom. The Bertz CT molecular complexity index is 468. The largest absolute Gasteiger partial charge is 0.361 e. The highest BCUT2D eigenvalue weighted by Gasteiger charge is 2.25. The molecular formula is C13H16N2. The molecule has 78 valence electrons. The van der Waals surface area contributed by atoms with Crippen molar-refractivity contribution in [1.29, 1.82) is 0 Å². The zero-order valence-corrected chi connectivity index (χ0v) is 8.74. The second-order valence-electron chi connectivity index (χ2n) is 4.58. The summed E-state index contributed by atoms with van der Waals surface area (Å²) in [4.78, 5) is 3.28. The van der Waals surface area contributed by atoms with Gasteiger partial charge >= 0.3 is 0 Å². The third-order valence-electron chi connectivity index (χ3n) is 3.30. The van der Waals surface area contributed by atoms with Gasteiger partial charge in [0.05, 0.1) is 0 Å². The molecule has 0 radical (unpaired) electrons. The van der Waals surface area contributed by atoms with E-state index in [1.54, 1.807) is 0 Å². The van der Waals surface area contributed by atoms with Gasteiger partial charge in [0.2, 0.25) is 0 Å². The van der Waals surface area contributed by atoms with E-state index >= 15 is 0 Å². The fourth-order valence-electron chi connectivity index (χ4n) is 2.24. The van der Waals surface area contributed by atoms with E-state index in [0.29, 0.717) is 0 Å². The summed E-state index contributed by atoms with van der Waals surface area (Å²) in [6.45, 7) is 0. The molecule has 1 aliphatic carbocycles. The summed E-state index contributed by atoms with van der Waals surface area (Å²) < 4.78 is 0. The molecule has 1 aromatic heterocycles. The highest BCUT2D eigenvalue weighted by molar-refractivity contribution is 5.83. The van der Waals surface area contributed by atoms with Crippen LogP contribution in [0.3, 0.4) is 0 Å². The first-order valence-corrected chi connectivity index (χ1v) is 5.66. The summed E-state index contributed by atoms with van der Waals surface area (Å²) in [5.74, 6) is 0.883. The normalized spacial score (nSPS) is 18.2. The number of para-hydroxylation sites is 1. The summed E-state index contributed by atoms with van der Waals surface area (Å²) >= 11 is 0. The van der Waals surface area contributed by atoms with E-state index in [4.69, 9.17) is 5.73 Å². The van der Waals surface area contributed by atoms with E-state index in [-0.39, 0.29) is 6.04 Å². The van der Waals surface area contributed by atoms with E-state index in [0.717, 1.165) is 12.3 Å². The lowest BCUT2D eigenvalue weighted by Crippen LogP contribution is -2.10. The maximum absolute atomic E-state index is 6.23. The summed E-state index contributed by atoms with van der Waals surface area (Å²) in [7, 11) is 0. The zero-order valence-electron chi connectivity index (χ0n) is 8.74. The van der Waals surface area contributed by atoms with Crippen molar-refractivity contribution in [2.45, 2.75) is 25.3 Å². The smallest absolute Gasteiger partial charge is 0.0457 e. The number of fused-ring (bicyclic) bond motifs is 1. The van der Waals surface area contributed by atoms with Crippen LogP contribution in [0.2, 0.25) is 0 Å². The van der Waals surface area contributed by atoms with Crippen LogP contribution in [0, 0.1) is 5.92 Å². The van der Waals surface area contributed by atoms with Crippen molar-refractivity contribution in [1.82, 2.24) is 4.98 Å². The Morgan fingerprint density at radius 3 is 2.93 bits per heavy atom. The van der Waals surface area contributed by atoms with E-state index < -0.39 is 0 Å². The molecule has 1 aromatic carbocycles. The van der Waals surface area contributed by atoms with Gasteiger partial charge in [-0.25, -0.2) is 0 Å². The van der Waals surface area contributed by atoms with E-state index in [1.807, 2.05) is 0 Å². The van der Waals surface area contributed by atoms with Crippen molar-refractivity contribution >= 4 is 10.9 Å². The Morgan fingerprint density at radius 2 is 2.13 bits per heavy atom. The molecule has 1 atom stereocenters. The molecule has 15 heavy (non-hydrogen) atoms. The molecule has 1 aliphatic rings. The van der Waals surface area contributed by atoms with Crippen LogP contribution in [0.4, 0.5) is 0 Å². The van der Waals surface area contributed by atoms with Gasteiger partial charge in [0.25, 0.3) is 0 Å². The average molecular weight is 200 g/mol. The van der Waals surface area contributed by atoms with Gasteiger partial charge in [-0.15, -0.1) is 0 Å². The molecule has 1 heterocycles. The first-order valence-electron chi connectivity index (χ1n) is 5.66. The predicted molar refractivity (Wildman–Crippen MR) is 62.6 cm³/mol. The van der Waals surface area contributed by atoms with Crippen LogP contribution in [-0.4, -0.2) is 4.98 Å².